The second kappa shape index (κ2) is 5.01. The second-order valence-electron chi connectivity index (χ2n) is 5.71. The third kappa shape index (κ3) is 3.03. The lowest BCUT2D eigenvalue weighted by Crippen LogP contribution is -2.29. The van der Waals surface area contributed by atoms with E-state index < -0.39 is 0 Å². The van der Waals surface area contributed by atoms with E-state index in [4.69, 9.17) is 4.74 Å². The molecular formula is C15H22N2O. The van der Waals surface area contributed by atoms with E-state index in [2.05, 4.69) is 42.8 Å². The molecule has 0 aliphatic carbocycles. The molecule has 1 aromatic rings. The summed E-state index contributed by atoms with van der Waals surface area (Å²) in [7, 11) is 1.71. The van der Waals surface area contributed by atoms with Crippen LogP contribution in [0.4, 0.5) is 5.69 Å². The van der Waals surface area contributed by atoms with Crippen LogP contribution < -0.4 is 9.64 Å². The van der Waals surface area contributed by atoms with Crippen LogP contribution in [0.25, 0.3) is 0 Å². The Labute approximate surface area is 109 Å². The van der Waals surface area contributed by atoms with E-state index in [1.807, 2.05) is 12.4 Å². The maximum absolute atomic E-state index is 5.28. The van der Waals surface area contributed by atoms with Crippen LogP contribution in [0.2, 0.25) is 0 Å². The van der Waals surface area contributed by atoms with Crippen LogP contribution in [0.5, 0.6) is 5.75 Å². The van der Waals surface area contributed by atoms with Gasteiger partial charge in [-0.15, -0.1) is 0 Å². The number of anilines is 1. The molecule has 0 radical (unpaired) electrons. The molecule has 3 nitrogen and oxygen atoms in total. The van der Waals surface area contributed by atoms with Gasteiger partial charge < -0.3 is 9.64 Å². The van der Waals surface area contributed by atoms with E-state index in [-0.39, 0.29) is 5.54 Å². The monoisotopic (exact) mass is 246 g/mol. The van der Waals surface area contributed by atoms with Gasteiger partial charge in [0.15, 0.2) is 0 Å². The van der Waals surface area contributed by atoms with E-state index >= 15 is 0 Å². The van der Waals surface area contributed by atoms with Crippen molar-refractivity contribution in [3.05, 3.63) is 23.8 Å². The fourth-order valence-corrected chi connectivity index (χ4v) is 2.09. The Bertz CT molecular complexity index is 446. The van der Waals surface area contributed by atoms with Crippen molar-refractivity contribution in [2.24, 2.45) is 4.99 Å². The van der Waals surface area contributed by atoms with Crippen molar-refractivity contribution in [2.75, 3.05) is 18.6 Å². The first-order valence-electron chi connectivity index (χ1n) is 6.48. The molecule has 0 fully saturated rings. The van der Waals surface area contributed by atoms with Crippen LogP contribution in [-0.2, 0) is 6.42 Å². The first-order valence-corrected chi connectivity index (χ1v) is 6.48. The SMILES string of the molecule is COc1ccc2c(c1)CCCN2C=NC(C)(C)C. The summed E-state index contributed by atoms with van der Waals surface area (Å²) in [4.78, 5) is 6.83. The van der Waals surface area contributed by atoms with Crippen LogP contribution in [0.3, 0.4) is 0 Å². The predicted molar refractivity (Wildman–Crippen MR) is 76.9 cm³/mol. The number of methoxy groups -OCH3 is 1. The van der Waals surface area contributed by atoms with E-state index in [1.54, 1.807) is 7.11 Å². The van der Waals surface area contributed by atoms with Gasteiger partial charge in [-0.05, 0) is 57.4 Å². The van der Waals surface area contributed by atoms with Crippen molar-refractivity contribution in [1.29, 1.82) is 0 Å². The molecule has 0 spiro atoms. The lowest BCUT2D eigenvalue weighted by Gasteiger charge is -2.28. The standard InChI is InChI=1S/C15H22N2O/c1-15(2,3)16-11-17-9-5-6-12-10-13(18-4)7-8-14(12)17/h7-8,10-11H,5-6,9H2,1-4H3. The van der Waals surface area contributed by atoms with Crippen LogP contribution in [0, 0.1) is 0 Å². The first-order chi connectivity index (χ1) is 8.49. The van der Waals surface area contributed by atoms with E-state index in [0.29, 0.717) is 0 Å². The number of hydrogen-bond donors (Lipinski definition) is 0. The van der Waals surface area contributed by atoms with Gasteiger partial charge in [-0.1, -0.05) is 0 Å². The van der Waals surface area contributed by atoms with E-state index in [1.165, 1.54) is 11.3 Å². The smallest absolute Gasteiger partial charge is 0.119 e. The molecule has 0 aromatic heterocycles. The fourth-order valence-electron chi connectivity index (χ4n) is 2.09. The van der Waals surface area contributed by atoms with Gasteiger partial charge in [0.2, 0.25) is 0 Å². The Kier molecular flexibility index (Phi) is 3.60. The molecule has 0 bridgehead atoms. The molecule has 0 unspecified atom stereocenters. The number of nitrogens with zero attached hydrogens (tertiary/aromatic N) is 2. The van der Waals surface area contributed by atoms with Gasteiger partial charge in [0.1, 0.15) is 5.75 Å². The molecular weight excluding hydrogens is 224 g/mol. The second-order valence-corrected chi connectivity index (χ2v) is 5.71. The molecule has 1 aliphatic heterocycles. The van der Waals surface area contributed by atoms with Crippen LogP contribution in [-0.4, -0.2) is 25.5 Å². The zero-order valence-electron chi connectivity index (χ0n) is 11.7. The number of fused-ring (bicyclic) bond motifs is 1. The van der Waals surface area contributed by atoms with Gasteiger partial charge in [0.25, 0.3) is 0 Å². The Hall–Kier alpha value is -1.51. The normalized spacial score (nSPS) is 15.9. The highest BCUT2D eigenvalue weighted by atomic mass is 16.5. The van der Waals surface area contributed by atoms with Gasteiger partial charge in [-0.3, -0.25) is 4.99 Å². The molecule has 2 rings (SSSR count). The Morgan fingerprint density at radius 2 is 2.11 bits per heavy atom. The lowest BCUT2D eigenvalue weighted by molar-refractivity contribution is 0.414. The summed E-state index contributed by atoms with van der Waals surface area (Å²) >= 11 is 0. The summed E-state index contributed by atoms with van der Waals surface area (Å²) in [6.07, 6.45) is 4.26. The summed E-state index contributed by atoms with van der Waals surface area (Å²) < 4.78 is 5.28. The quantitative estimate of drug-likeness (QED) is 0.591. The van der Waals surface area contributed by atoms with Crippen molar-refractivity contribution >= 4 is 12.0 Å². The predicted octanol–water partition coefficient (Wildman–Crippen LogP) is 3.27. The lowest BCUT2D eigenvalue weighted by atomic mass is 10.0. The van der Waals surface area contributed by atoms with Crippen molar-refractivity contribution < 1.29 is 4.74 Å². The third-order valence-electron chi connectivity index (χ3n) is 3.03. The topological polar surface area (TPSA) is 24.8 Å². The molecule has 0 amide bonds. The minimum Gasteiger partial charge on any atom is -0.497 e. The fraction of sp³-hybridized carbons (Fsp3) is 0.533. The molecule has 0 N–H and O–H groups in total. The molecule has 0 atom stereocenters. The summed E-state index contributed by atoms with van der Waals surface area (Å²) in [6.45, 7) is 7.38. The van der Waals surface area contributed by atoms with Gasteiger partial charge in [-0.25, -0.2) is 0 Å². The Balaban J connectivity index is 2.25. The van der Waals surface area contributed by atoms with E-state index in [9.17, 15) is 0 Å². The number of rotatable bonds is 2. The number of ether oxygens (including phenoxy) is 1. The molecule has 1 heterocycles. The highest BCUT2D eigenvalue weighted by Gasteiger charge is 2.16. The zero-order chi connectivity index (χ0) is 13.2. The molecule has 1 aliphatic rings. The average Bonchev–Trinajstić information content (AvgIpc) is 2.34. The zero-order valence-corrected chi connectivity index (χ0v) is 11.7. The molecule has 98 valence electrons. The van der Waals surface area contributed by atoms with Gasteiger partial charge in [0, 0.05) is 12.2 Å². The van der Waals surface area contributed by atoms with Gasteiger partial charge in [0.05, 0.1) is 19.0 Å². The van der Waals surface area contributed by atoms with Crippen molar-refractivity contribution in [3.8, 4) is 5.75 Å². The minimum atomic E-state index is -0.0237. The summed E-state index contributed by atoms with van der Waals surface area (Å²) in [5, 5.41) is 0. The summed E-state index contributed by atoms with van der Waals surface area (Å²) in [6, 6.07) is 6.27. The van der Waals surface area contributed by atoms with E-state index in [0.717, 1.165) is 25.1 Å². The molecule has 18 heavy (non-hydrogen) atoms. The summed E-state index contributed by atoms with van der Waals surface area (Å²) in [5.74, 6) is 0.934. The largest absolute Gasteiger partial charge is 0.497 e. The van der Waals surface area contributed by atoms with Gasteiger partial charge >= 0.3 is 0 Å². The van der Waals surface area contributed by atoms with Crippen molar-refractivity contribution in [2.45, 2.75) is 39.2 Å². The van der Waals surface area contributed by atoms with Crippen molar-refractivity contribution in [1.82, 2.24) is 0 Å². The minimum absolute atomic E-state index is 0.0237. The summed E-state index contributed by atoms with van der Waals surface area (Å²) in [5.41, 5.74) is 2.58. The molecule has 0 saturated carbocycles. The van der Waals surface area contributed by atoms with Gasteiger partial charge in [-0.2, -0.15) is 0 Å². The Morgan fingerprint density at radius 1 is 1.33 bits per heavy atom. The number of aliphatic imine (C=N–C) groups is 1. The number of hydrogen-bond acceptors (Lipinski definition) is 2. The molecule has 0 saturated heterocycles. The van der Waals surface area contributed by atoms with Crippen molar-refractivity contribution in [3.63, 3.8) is 0 Å². The van der Waals surface area contributed by atoms with Crippen LogP contribution >= 0.6 is 0 Å². The maximum Gasteiger partial charge on any atom is 0.119 e. The molecule has 1 aromatic carbocycles. The highest BCUT2D eigenvalue weighted by molar-refractivity contribution is 5.82. The van der Waals surface area contributed by atoms with Crippen LogP contribution in [0.1, 0.15) is 32.8 Å². The maximum atomic E-state index is 5.28. The average molecular weight is 246 g/mol. The third-order valence-corrected chi connectivity index (χ3v) is 3.03. The number of benzene rings is 1. The highest BCUT2D eigenvalue weighted by Crippen LogP contribution is 2.29. The van der Waals surface area contributed by atoms with Crippen LogP contribution in [0.15, 0.2) is 23.2 Å². The first kappa shape index (κ1) is 12.9. The Morgan fingerprint density at radius 3 is 2.78 bits per heavy atom. The number of aryl methyl sites for hydroxylation is 1. The molecule has 3 heteroatoms.